The SMILES string of the molecule is Fc1cc(Cl)ccc1C1C=CNN1c1ccccc1-c1ccc(Cl)cc1. The summed E-state index contributed by atoms with van der Waals surface area (Å²) in [5.41, 5.74) is 6.78. The average molecular weight is 385 g/mol. The predicted molar refractivity (Wildman–Crippen MR) is 106 cm³/mol. The van der Waals surface area contributed by atoms with Crippen LogP contribution in [-0.4, -0.2) is 0 Å². The third kappa shape index (κ3) is 3.16. The molecule has 1 unspecified atom stereocenters. The third-order valence-electron chi connectivity index (χ3n) is 4.37. The number of benzene rings is 3. The summed E-state index contributed by atoms with van der Waals surface area (Å²) in [4.78, 5) is 0. The van der Waals surface area contributed by atoms with E-state index in [1.165, 1.54) is 6.07 Å². The molecule has 1 atom stereocenters. The summed E-state index contributed by atoms with van der Waals surface area (Å²) in [5, 5.41) is 3.01. The van der Waals surface area contributed by atoms with Gasteiger partial charge in [-0.2, -0.15) is 0 Å². The Kier molecular flexibility index (Phi) is 4.58. The highest BCUT2D eigenvalue weighted by Crippen LogP contribution is 2.38. The molecule has 0 saturated heterocycles. The normalized spacial score (nSPS) is 16.0. The van der Waals surface area contributed by atoms with E-state index in [9.17, 15) is 4.39 Å². The Morgan fingerprint density at radius 2 is 1.62 bits per heavy atom. The van der Waals surface area contributed by atoms with E-state index in [2.05, 4.69) is 5.43 Å². The Labute approximate surface area is 161 Å². The van der Waals surface area contributed by atoms with Crippen molar-refractivity contribution in [1.29, 1.82) is 0 Å². The standard InChI is InChI=1S/C21H15Cl2FN2/c22-15-7-5-14(6-8-15)17-3-1-2-4-20(17)26-21(11-12-25-26)18-10-9-16(23)13-19(18)24/h1-13,21,25H. The molecule has 0 radical (unpaired) electrons. The zero-order chi connectivity index (χ0) is 18.1. The first kappa shape index (κ1) is 17.0. The number of hydrazine groups is 1. The molecule has 0 aromatic heterocycles. The van der Waals surface area contributed by atoms with Crippen LogP contribution in [0, 0.1) is 5.82 Å². The Bertz CT molecular complexity index is 970. The van der Waals surface area contributed by atoms with Crippen molar-refractivity contribution in [3.8, 4) is 11.1 Å². The lowest BCUT2D eigenvalue weighted by Gasteiger charge is -2.29. The van der Waals surface area contributed by atoms with Crippen molar-refractivity contribution < 1.29 is 4.39 Å². The molecule has 0 aliphatic carbocycles. The van der Waals surface area contributed by atoms with Crippen LogP contribution >= 0.6 is 23.2 Å². The van der Waals surface area contributed by atoms with Crippen LogP contribution in [-0.2, 0) is 0 Å². The van der Waals surface area contributed by atoms with Crippen molar-refractivity contribution in [2.45, 2.75) is 6.04 Å². The molecule has 26 heavy (non-hydrogen) atoms. The highest BCUT2D eigenvalue weighted by Gasteiger charge is 2.26. The van der Waals surface area contributed by atoms with Crippen LogP contribution in [0.25, 0.3) is 11.1 Å². The zero-order valence-electron chi connectivity index (χ0n) is 13.7. The molecule has 0 saturated carbocycles. The maximum Gasteiger partial charge on any atom is 0.130 e. The predicted octanol–water partition coefficient (Wildman–Crippen LogP) is 6.38. The molecular weight excluding hydrogens is 370 g/mol. The summed E-state index contributed by atoms with van der Waals surface area (Å²) < 4.78 is 14.5. The first-order valence-electron chi connectivity index (χ1n) is 8.15. The summed E-state index contributed by atoms with van der Waals surface area (Å²) in [7, 11) is 0. The molecule has 3 aromatic rings. The third-order valence-corrected chi connectivity index (χ3v) is 4.86. The van der Waals surface area contributed by atoms with Crippen molar-refractivity contribution in [1.82, 2.24) is 5.43 Å². The Morgan fingerprint density at radius 3 is 2.38 bits per heavy atom. The number of nitrogens with zero attached hydrogens (tertiary/aromatic N) is 1. The summed E-state index contributed by atoms with van der Waals surface area (Å²) in [6.45, 7) is 0. The van der Waals surface area contributed by atoms with Crippen LogP contribution < -0.4 is 10.4 Å². The van der Waals surface area contributed by atoms with Gasteiger partial charge in [-0.1, -0.05) is 59.6 Å². The largest absolute Gasteiger partial charge is 0.305 e. The van der Waals surface area contributed by atoms with Crippen molar-refractivity contribution in [2.75, 3.05) is 5.01 Å². The van der Waals surface area contributed by atoms with E-state index >= 15 is 0 Å². The summed E-state index contributed by atoms with van der Waals surface area (Å²) >= 11 is 11.9. The van der Waals surface area contributed by atoms with Crippen LogP contribution in [0.15, 0.2) is 79.0 Å². The summed E-state index contributed by atoms with van der Waals surface area (Å²) in [6, 6.07) is 20.1. The van der Waals surface area contributed by atoms with Crippen LogP contribution in [0.3, 0.4) is 0 Å². The maximum atomic E-state index is 14.5. The molecule has 1 aliphatic heterocycles. The Hall–Kier alpha value is -2.49. The molecule has 0 amide bonds. The maximum absolute atomic E-state index is 14.5. The molecule has 130 valence electrons. The minimum Gasteiger partial charge on any atom is -0.305 e. The first-order valence-corrected chi connectivity index (χ1v) is 8.91. The van der Waals surface area contributed by atoms with Gasteiger partial charge in [-0.15, -0.1) is 0 Å². The van der Waals surface area contributed by atoms with Gasteiger partial charge in [0, 0.05) is 27.4 Å². The minimum absolute atomic E-state index is 0.277. The van der Waals surface area contributed by atoms with Gasteiger partial charge in [0.1, 0.15) is 5.82 Å². The molecule has 1 N–H and O–H groups in total. The molecule has 4 rings (SSSR count). The summed E-state index contributed by atoms with van der Waals surface area (Å²) in [5.74, 6) is -0.329. The lowest BCUT2D eigenvalue weighted by Crippen LogP contribution is -2.33. The van der Waals surface area contributed by atoms with Crippen molar-refractivity contribution in [2.24, 2.45) is 0 Å². The van der Waals surface area contributed by atoms with Gasteiger partial charge in [0.15, 0.2) is 0 Å². The molecule has 1 aliphatic rings. The molecule has 3 aromatic carbocycles. The lowest BCUT2D eigenvalue weighted by atomic mass is 10.0. The van der Waals surface area contributed by atoms with Gasteiger partial charge < -0.3 is 5.43 Å². The quantitative estimate of drug-likeness (QED) is 0.563. The minimum atomic E-state index is -0.329. The lowest BCUT2D eigenvalue weighted by molar-refractivity contribution is 0.590. The number of hydrogen-bond donors (Lipinski definition) is 1. The second kappa shape index (κ2) is 7.02. The van der Waals surface area contributed by atoms with E-state index in [0.29, 0.717) is 15.6 Å². The van der Waals surface area contributed by atoms with Crippen molar-refractivity contribution >= 4 is 28.9 Å². The highest BCUT2D eigenvalue weighted by atomic mass is 35.5. The van der Waals surface area contributed by atoms with Crippen LogP contribution in [0.1, 0.15) is 11.6 Å². The van der Waals surface area contributed by atoms with Gasteiger partial charge in [-0.25, -0.2) is 4.39 Å². The monoisotopic (exact) mass is 384 g/mol. The van der Waals surface area contributed by atoms with Crippen LogP contribution in [0.2, 0.25) is 10.0 Å². The topological polar surface area (TPSA) is 15.3 Å². The fourth-order valence-electron chi connectivity index (χ4n) is 3.14. The Balaban J connectivity index is 1.77. The van der Waals surface area contributed by atoms with E-state index < -0.39 is 0 Å². The molecule has 0 bridgehead atoms. The molecule has 1 heterocycles. The van der Waals surface area contributed by atoms with Gasteiger partial charge in [-0.05, 0) is 42.0 Å². The Morgan fingerprint density at radius 1 is 0.885 bits per heavy atom. The number of hydrogen-bond acceptors (Lipinski definition) is 2. The van der Waals surface area contributed by atoms with Gasteiger partial charge >= 0.3 is 0 Å². The van der Waals surface area contributed by atoms with Crippen LogP contribution in [0.5, 0.6) is 0 Å². The van der Waals surface area contributed by atoms with Crippen molar-refractivity contribution in [3.05, 3.63) is 100 Å². The average Bonchev–Trinajstić information content (AvgIpc) is 3.12. The molecular formula is C21H15Cl2FN2. The molecule has 5 heteroatoms. The summed E-state index contributed by atoms with van der Waals surface area (Å²) in [6.07, 6.45) is 3.74. The highest BCUT2D eigenvalue weighted by molar-refractivity contribution is 6.30. The zero-order valence-corrected chi connectivity index (χ0v) is 15.2. The second-order valence-corrected chi connectivity index (χ2v) is 6.87. The van der Waals surface area contributed by atoms with E-state index in [1.807, 2.05) is 65.8 Å². The second-order valence-electron chi connectivity index (χ2n) is 5.99. The number of para-hydroxylation sites is 1. The fraction of sp³-hybridized carbons (Fsp3) is 0.0476. The molecule has 0 spiro atoms. The smallest absolute Gasteiger partial charge is 0.130 e. The van der Waals surface area contributed by atoms with E-state index in [1.54, 1.807) is 12.1 Å². The number of halogens is 3. The van der Waals surface area contributed by atoms with Gasteiger partial charge in [0.25, 0.3) is 0 Å². The number of anilines is 1. The molecule has 2 nitrogen and oxygen atoms in total. The first-order chi connectivity index (χ1) is 12.6. The van der Waals surface area contributed by atoms with E-state index in [4.69, 9.17) is 23.2 Å². The fourth-order valence-corrected chi connectivity index (χ4v) is 3.43. The van der Waals surface area contributed by atoms with Crippen LogP contribution in [0.4, 0.5) is 10.1 Å². The van der Waals surface area contributed by atoms with E-state index in [0.717, 1.165) is 16.8 Å². The van der Waals surface area contributed by atoms with E-state index in [-0.39, 0.29) is 11.9 Å². The van der Waals surface area contributed by atoms with Gasteiger partial charge in [0.2, 0.25) is 0 Å². The molecule has 0 fully saturated rings. The van der Waals surface area contributed by atoms with Crippen molar-refractivity contribution in [3.63, 3.8) is 0 Å². The number of rotatable bonds is 3. The number of nitrogens with one attached hydrogen (secondary N) is 1. The van der Waals surface area contributed by atoms with Gasteiger partial charge in [0.05, 0.1) is 11.7 Å². The van der Waals surface area contributed by atoms with Gasteiger partial charge in [-0.3, -0.25) is 5.01 Å².